The van der Waals surface area contributed by atoms with Crippen molar-refractivity contribution in [3.05, 3.63) is 52.7 Å². The second kappa shape index (κ2) is 8.63. The van der Waals surface area contributed by atoms with Crippen LogP contribution in [0.25, 0.3) is 17.0 Å². The molecular weight excluding hydrogens is 408 g/mol. The minimum atomic E-state index is 0.480. The van der Waals surface area contributed by atoms with Crippen LogP contribution in [0.5, 0.6) is 5.75 Å². The van der Waals surface area contributed by atoms with E-state index >= 15 is 0 Å². The predicted molar refractivity (Wildman–Crippen MR) is 123 cm³/mol. The summed E-state index contributed by atoms with van der Waals surface area (Å²) >= 11 is 1.76. The molecule has 1 fully saturated rings. The number of hydrogen-bond acceptors (Lipinski definition) is 7. The standard InChI is InChI=1S/C23H26N6OS/c1-3-6-17-13-21(29-23(26-17)24-15-25-29)28-11-9-16(10-12-28)22-27-19(14-31-22)18-7-4-5-8-20(18)30-2/h4-5,7-8,13-16H,3,6,9-12H2,1-2H3. The second-order valence-electron chi connectivity index (χ2n) is 7.86. The zero-order valence-corrected chi connectivity index (χ0v) is 18.7. The van der Waals surface area contributed by atoms with E-state index < -0.39 is 0 Å². The first-order chi connectivity index (χ1) is 15.3. The topological polar surface area (TPSA) is 68.4 Å². The summed E-state index contributed by atoms with van der Waals surface area (Å²) in [6, 6.07) is 10.2. The first-order valence-corrected chi connectivity index (χ1v) is 11.7. The van der Waals surface area contributed by atoms with Crippen LogP contribution in [0.1, 0.15) is 42.8 Å². The van der Waals surface area contributed by atoms with Crippen LogP contribution in [0.15, 0.2) is 42.0 Å². The van der Waals surface area contributed by atoms with Crippen molar-refractivity contribution in [2.75, 3.05) is 25.1 Å². The fourth-order valence-corrected chi connectivity index (χ4v) is 5.26. The Morgan fingerprint density at radius 2 is 2.00 bits per heavy atom. The van der Waals surface area contributed by atoms with E-state index in [1.165, 1.54) is 5.01 Å². The van der Waals surface area contributed by atoms with Gasteiger partial charge in [-0.3, -0.25) is 0 Å². The summed E-state index contributed by atoms with van der Waals surface area (Å²) < 4.78 is 7.38. The van der Waals surface area contributed by atoms with Crippen molar-refractivity contribution in [2.24, 2.45) is 0 Å². The van der Waals surface area contributed by atoms with Gasteiger partial charge in [-0.2, -0.15) is 14.6 Å². The summed E-state index contributed by atoms with van der Waals surface area (Å²) in [6.07, 6.45) is 5.75. The highest BCUT2D eigenvalue weighted by molar-refractivity contribution is 7.10. The smallest absolute Gasteiger partial charge is 0.254 e. The van der Waals surface area contributed by atoms with Crippen LogP contribution in [0, 0.1) is 0 Å². The molecule has 31 heavy (non-hydrogen) atoms. The van der Waals surface area contributed by atoms with E-state index in [9.17, 15) is 0 Å². The van der Waals surface area contributed by atoms with Crippen molar-refractivity contribution < 1.29 is 4.74 Å². The van der Waals surface area contributed by atoms with Gasteiger partial charge in [-0.15, -0.1) is 11.3 Å². The normalized spacial score (nSPS) is 15.0. The van der Waals surface area contributed by atoms with Crippen LogP contribution in [-0.4, -0.2) is 44.8 Å². The summed E-state index contributed by atoms with van der Waals surface area (Å²) in [5, 5.41) is 7.77. The summed E-state index contributed by atoms with van der Waals surface area (Å²) in [5.41, 5.74) is 3.14. The highest BCUT2D eigenvalue weighted by atomic mass is 32.1. The molecule has 0 spiro atoms. The van der Waals surface area contributed by atoms with Crippen LogP contribution < -0.4 is 9.64 Å². The quantitative estimate of drug-likeness (QED) is 0.442. The van der Waals surface area contributed by atoms with E-state index in [1.54, 1.807) is 24.8 Å². The molecule has 7 nitrogen and oxygen atoms in total. The van der Waals surface area contributed by atoms with E-state index in [1.807, 2.05) is 22.7 Å². The number of aromatic nitrogens is 5. The van der Waals surface area contributed by atoms with E-state index in [2.05, 4.69) is 44.4 Å². The summed E-state index contributed by atoms with van der Waals surface area (Å²) in [4.78, 5) is 16.3. The fraction of sp³-hybridized carbons (Fsp3) is 0.391. The van der Waals surface area contributed by atoms with Crippen LogP contribution in [0.3, 0.4) is 0 Å². The number of benzene rings is 1. The molecule has 1 saturated heterocycles. The van der Waals surface area contributed by atoms with Gasteiger partial charge in [-0.25, -0.2) is 9.97 Å². The third-order valence-electron chi connectivity index (χ3n) is 5.87. The molecule has 0 radical (unpaired) electrons. The number of fused-ring (bicyclic) bond motifs is 1. The highest BCUT2D eigenvalue weighted by Gasteiger charge is 2.25. The number of rotatable bonds is 6. The number of para-hydroxylation sites is 1. The van der Waals surface area contributed by atoms with Gasteiger partial charge in [0.2, 0.25) is 0 Å². The van der Waals surface area contributed by atoms with Gasteiger partial charge in [0.25, 0.3) is 5.78 Å². The number of hydrogen-bond donors (Lipinski definition) is 0. The number of thiazole rings is 1. The van der Waals surface area contributed by atoms with Crippen LogP contribution in [-0.2, 0) is 6.42 Å². The van der Waals surface area contributed by atoms with E-state index in [0.717, 1.165) is 67.3 Å². The van der Waals surface area contributed by atoms with Gasteiger partial charge < -0.3 is 9.64 Å². The summed E-state index contributed by atoms with van der Waals surface area (Å²) in [7, 11) is 1.71. The molecule has 1 aromatic carbocycles. The lowest BCUT2D eigenvalue weighted by Gasteiger charge is -2.32. The average molecular weight is 435 g/mol. The Labute approximate surface area is 185 Å². The molecule has 1 aliphatic rings. The highest BCUT2D eigenvalue weighted by Crippen LogP contribution is 2.36. The fourth-order valence-electron chi connectivity index (χ4n) is 4.26. The molecule has 0 amide bonds. The Kier molecular flexibility index (Phi) is 5.55. The molecule has 4 heterocycles. The molecule has 0 saturated carbocycles. The van der Waals surface area contributed by atoms with Gasteiger partial charge in [0, 0.05) is 41.7 Å². The molecule has 0 unspecified atom stereocenters. The monoisotopic (exact) mass is 434 g/mol. The molecule has 0 atom stereocenters. The lowest BCUT2D eigenvalue weighted by molar-refractivity contribution is 0.416. The number of methoxy groups -OCH3 is 1. The maximum absolute atomic E-state index is 5.51. The van der Waals surface area contributed by atoms with Crippen molar-refractivity contribution in [1.82, 2.24) is 24.6 Å². The third kappa shape index (κ3) is 3.87. The van der Waals surface area contributed by atoms with Crippen molar-refractivity contribution >= 4 is 22.9 Å². The largest absolute Gasteiger partial charge is 0.496 e. The maximum atomic E-state index is 5.51. The zero-order chi connectivity index (χ0) is 21.2. The first kappa shape index (κ1) is 19.9. The molecule has 1 aliphatic heterocycles. The summed E-state index contributed by atoms with van der Waals surface area (Å²) in [5.74, 6) is 3.13. The number of ether oxygens (including phenoxy) is 1. The minimum Gasteiger partial charge on any atom is -0.496 e. The lowest BCUT2D eigenvalue weighted by atomic mass is 9.97. The Morgan fingerprint density at radius 3 is 2.81 bits per heavy atom. The molecule has 0 aliphatic carbocycles. The molecule has 4 aromatic rings. The Morgan fingerprint density at radius 1 is 1.16 bits per heavy atom. The second-order valence-corrected chi connectivity index (χ2v) is 8.75. The van der Waals surface area contributed by atoms with E-state index in [-0.39, 0.29) is 0 Å². The minimum absolute atomic E-state index is 0.480. The van der Waals surface area contributed by atoms with Crippen LogP contribution in [0.4, 0.5) is 5.82 Å². The van der Waals surface area contributed by atoms with Crippen molar-refractivity contribution in [3.63, 3.8) is 0 Å². The van der Waals surface area contributed by atoms with Gasteiger partial charge in [-0.1, -0.05) is 25.5 Å². The van der Waals surface area contributed by atoms with Gasteiger partial charge in [0.05, 0.1) is 17.8 Å². The zero-order valence-electron chi connectivity index (χ0n) is 17.9. The number of aryl methyl sites for hydroxylation is 1. The molecule has 5 rings (SSSR count). The average Bonchev–Trinajstić information content (AvgIpc) is 3.49. The van der Waals surface area contributed by atoms with Crippen LogP contribution in [0.2, 0.25) is 0 Å². The first-order valence-electron chi connectivity index (χ1n) is 10.8. The number of piperidine rings is 1. The molecule has 0 N–H and O–H groups in total. The number of anilines is 1. The lowest BCUT2D eigenvalue weighted by Crippen LogP contribution is -2.34. The Bertz CT molecular complexity index is 1180. The molecular formula is C23H26N6OS. The van der Waals surface area contributed by atoms with Crippen molar-refractivity contribution in [3.8, 4) is 17.0 Å². The molecule has 0 bridgehead atoms. The van der Waals surface area contributed by atoms with Gasteiger partial charge >= 0.3 is 0 Å². The SMILES string of the molecule is CCCc1cc(N2CCC(c3nc(-c4ccccc4OC)cs3)CC2)n2ncnc2n1. The number of nitrogens with zero attached hydrogens (tertiary/aromatic N) is 6. The summed E-state index contributed by atoms with van der Waals surface area (Å²) in [6.45, 7) is 4.12. The van der Waals surface area contributed by atoms with E-state index in [0.29, 0.717) is 11.7 Å². The predicted octanol–water partition coefficient (Wildman–Crippen LogP) is 4.59. The van der Waals surface area contributed by atoms with Gasteiger partial charge in [-0.05, 0) is 31.4 Å². The van der Waals surface area contributed by atoms with Crippen molar-refractivity contribution in [2.45, 2.75) is 38.5 Å². The Hall–Kier alpha value is -3.00. The maximum Gasteiger partial charge on any atom is 0.254 e. The Balaban J connectivity index is 1.33. The van der Waals surface area contributed by atoms with Crippen LogP contribution >= 0.6 is 11.3 Å². The molecule has 160 valence electrons. The van der Waals surface area contributed by atoms with Crippen molar-refractivity contribution in [1.29, 1.82) is 0 Å². The van der Waals surface area contributed by atoms with Gasteiger partial charge in [0.15, 0.2) is 0 Å². The third-order valence-corrected chi connectivity index (χ3v) is 6.87. The molecule has 8 heteroatoms. The van der Waals surface area contributed by atoms with E-state index in [4.69, 9.17) is 9.72 Å². The molecule has 3 aromatic heterocycles. The van der Waals surface area contributed by atoms with Gasteiger partial charge in [0.1, 0.15) is 17.9 Å².